The molecule has 13 heavy (non-hydrogen) atoms. The zero-order valence-electron chi connectivity index (χ0n) is 8.28. The molecule has 0 amide bonds. The van der Waals surface area contributed by atoms with Crippen molar-refractivity contribution in [3.8, 4) is 0 Å². The van der Waals surface area contributed by atoms with Crippen molar-refractivity contribution in [1.29, 1.82) is 0 Å². The van der Waals surface area contributed by atoms with Crippen LogP contribution >= 0.6 is 0 Å². The van der Waals surface area contributed by atoms with Gasteiger partial charge in [-0.2, -0.15) is 0 Å². The summed E-state index contributed by atoms with van der Waals surface area (Å²) < 4.78 is 4.74. The molecule has 0 radical (unpaired) electrons. The molecule has 0 aliphatic heterocycles. The minimum atomic E-state index is -0.968. The Morgan fingerprint density at radius 2 is 2.08 bits per heavy atom. The van der Waals surface area contributed by atoms with Crippen molar-refractivity contribution in [3.05, 3.63) is 24.3 Å². The van der Waals surface area contributed by atoms with Crippen molar-refractivity contribution in [2.24, 2.45) is 0 Å². The number of esters is 1. The van der Waals surface area contributed by atoms with E-state index in [9.17, 15) is 9.90 Å². The molecule has 0 aromatic carbocycles. The van der Waals surface area contributed by atoms with E-state index in [1.54, 1.807) is 32.1 Å². The first-order valence-electron chi connectivity index (χ1n) is 4.14. The smallest absolute Gasteiger partial charge is 0.330 e. The van der Waals surface area contributed by atoms with Gasteiger partial charge in [0.05, 0.1) is 5.60 Å². The summed E-state index contributed by atoms with van der Waals surface area (Å²) in [7, 11) is 0. The van der Waals surface area contributed by atoms with Gasteiger partial charge in [0.2, 0.25) is 0 Å². The molecule has 0 aliphatic rings. The predicted octanol–water partition coefficient (Wildman–Crippen LogP) is 1.43. The van der Waals surface area contributed by atoms with Gasteiger partial charge in [0.15, 0.2) is 0 Å². The zero-order chi connectivity index (χ0) is 10.3. The minimum Gasteiger partial charge on any atom is -0.459 e. The highest BCUT2D eigenvalue weighted by Crippen LogP contribution is 2.01. The number of rotatable bonds is 4. The van der Waals surface area contributed by atoms with Crippen LogP contribution in [-0.2, 0) is 9.53 Å². The topological polar surface area (TPSA) is 46.5 Å². The van der Waals surface area contributed by atoms with E-state index in [0.717, 1.165) is 0 Å². The second-order valence-electron chi connectivity index (χ2n) is 3.31. The van der Waals surface area contributed by atoms with Crippen molar-refractivity contribution in [3.63, 3.8) is 0 Å². The number of allylic oxidation sites excluding steroid dienone is 3. The molecule has 0 aromatic heterocycles. The van der Waals surface area contributed by atoms with Crippen LogP contribution in [0.2, 0.25) is 0 Å². The minimum absolute atomic E-state index is 0.00596. The summed E-state index contributed by atoms with van der Waals surface area (Å²) >= 11 is 0. The quantitative estimate of drug-likeness (QED) is 0.408. The zero-order valence-corrected chi connectivity index (χ0v) is 8.28. The van der Waals surface area contributed by atoms with E-state index in [1.807, 2.05) is 6.92 Å². The maximum atomic E-state index is 10.9. The number of hydrogen-bond donors (Lipinski definition) is 1. The molecule has 0 fully saturated rings. The van der Waals surface area contributed by atoms with Crippen LogP contribution in [0, 0.1) is 0 Å². The molecular weight excluding hydrogens is 168 g/mol. The molecule has 0 unspecified atom stereocenters. The lowest BCUT2D eigenvalue weighted by molar-refractivity contribution is -0.143. The van der Waals surface area contributed by atoms with E-state index in [2.05, 4.69) is 0 Å². The van der Waals surface area contributed by atoms with Gasteiger partial charge in [-0.15, -0.1) is 0 Å². The fourth-order valence-electron chi connectivity index (χ4n) is 0.541. The van der Waals surface area contributed by atoms with E-state index >= 15 is 0 Å². The summed E-state index contributed by atoms with van der Waals surface area (Å²) in [5.74, 6) is -0.444. The Labute approximate surface area is 78.7 Å². The molecule has 0 saturated carbocycles. The van der Waals surface area contributed by atoms with Crippen molar-refractivity contribution >= 4 is 5.97 Å². The van der Waals surface area contributed by atoms with Gasteiger partial charge >= 0.3 is 5.97 Å². The molecular formula is C10H16O3. The van der Waals surface area contributed by atoms with Gasteiger partial charge in [0.1, 0.15) is 6.61 Å². The molecule has 3 nitrogen and oxygen atoms in total. The highest BCUT2D eigenvalue weighted by atomic mass is 16.5. The third kappa shape index (κ3) is 8.82. The number of aliphatic hydroxyl groups is 1. The monoisotopic (exact) mass is 184 g/mol. The lowest BCUT2D eigenvalue weighted by atomic mass is 10.2. The predicted molar refractivity (Wildman–Crippen MR) is 51.2 cm³/mol. The van der Waals surface area contributed by atoms with Crippen LogP contribution in [0.5, 0.6) is 0 Å². The molecule has 0 rings (SSSR count). The number of carbonyl (C=O) groups excluding carboxylic acids is 1. The highest BCUT2D eigenvalue weighted by molar-refractivity contribution is 5.82. The lowest BCUT2D eigenvalue weighted by Crippen LogP contribution is -2.27. The SMILES string of the molecule is C/C=C/C=C/C(=O)OCC(C)(C)O. The fraction of sp³-hybridized carbons (Fsp3) is 0.500. The summed E-state index contributed by atoms with van der Waals surface area (Å²) in [6, 6.07) is 0. The van der Waals surface area contributed by atoms with Crippen molar-refractivity contribution in [2.75, 3.05) is 6.61 Å². The average Bonchev–Trinajstić information content (AvgIpc) is 2.00. The molecule has 1 N–H and O–H groups in total. The Morgan fingerprint density at radius 1 is 1.46 bits per heavy atom. The van der Waals surface area contributed by atoms with E-state index in [-0.39, 0.29) is 6.61 Å². The average molecular weight is 184 g/mol. The Balaban J connectivity index is 3.76. The third-order valence-electron chi connectivity index (χ3n) is 1.10. The first-order valence-corrected chi connectivity index (χ1v) is 4.14. The molecule has 0 saturated heterocycles. The van der Waals surface area contributed by atoms with Crippen molar-refractivity contribution in [2.45, 2.75) is 26.4 Å². The van der Waals surface area contributed by atoms with Gasteiger partial charge < -0.3 is 9.84 Å². The standard InChI is InChI=1S/C10H16O3/c1-4-5-6-7-9(11)13-8-10(2,3)12/h4-7,12H,8H2,1-3H3/b5-4+,7-6+. The van der Waals surface area contributed by atoms with Crippen LogP contribution in [0.15, 0.2) is 24.3 Å². The first-order chi connectivity index (χ1) is 5.95. The van der Waals surface area contributed by atoms with Crippen molar-refractivity contribution in [1.82, 2.24) is 0 Å². The maximum absolute atomic E-state index is 10.9. The molecule has 0 aliphatic carbocycles. The lowest BCUT2D eigenvalue weighted by Gasteiger charge is -2.15. The van der Waals surface area contributed by atoms with E-state index < -0.39 is 11.6 Å². The molecule has 3 heteroatoms. The van der Waals surface area contributed by atoms with Gasteiger partial charge in [0.25, 0.3) is 0 Å². The van der Waals surface area contributed by atoms with Gasteiger partial charge in [-0.3, -0.25) is 0 Å². The normalized spacial score (nSPS) is 12.6. The van der Waals surface area contributed by atoms with Crippen LogP contribution in [-0.4, -0.2) is 23.3 Å². The van der Waals surface area contributed by atoms with Crippen LogP contribution in [0.4, 0.5) is 0 Å². The van der Waals surface area contributed by atoms with Crippen LogP contribution in [0.1, 0.15) is 20.8 Å². The molecule has 0 atom stereocenters. The van der Waals surface area contributed by atoms with E-state index in [1.165, 1.54) is 6.08 Å². The molecule has 74 valence electrons. The Morgan fingerprint density at radius 3 is 2.54 bits per heavy atom. The molecule has 0 aromatic rings. The van der Waals surface area contributed by atoms with E-state index in [4.69, 9.17) is 4.74 Å². The second-order valence-corrected chi connectivity index (χ2v) is 3.31. The Hall–Kier alpha value is -1.09. The third-order valence-corrected chi connectivity index (χ3v) is 1.10. The molecule has 0 bridgehead atoms. The first kappa shape index (κ1) is 11.9. The Kier molecular flexibility index (Phi) is 5.07. The second kappa shape index (κ2) is 5.54. The summed E-state index contributed by atoms with van der Waals surface area (Å²) in [4.78, 5) is 10.9. The van der Waals surface area contributed by atoms with Gasteiger partial charge in [0, 0.05) is 6.08 Å². The van der Waals surface area contributed by atoms with Gasteiger partial charge in [-0.1, -0.05) is 18.2 Å². The fourth-order valence-corrected chi connectivity index (χ4v) is 0.541. The number of carbonyl (C=O) groups is 1. The largest absolute Gasteiger partial charge is 0.459 e. The van der Waals surface area contributed by atoms with Crippen LogP contribution in [0.25, 0.3) is 0 Å². The van der Waals surface area contributed by atoms with Crippen LogP contribution < -0.4 is 0 Å². The summed E-state index contributed by atoms with van der Waals surface area (Å²) in [5, 5.41) is 9.22. The van der Waals surface area contributed by atoms with Gasteiger partial charge in [-0.25, -0.2) is 4.79 Å². The van der Waals surface area contributed by atoms with Crippen LogP contribution in [0.3, 0.4) is 0 Å². The van der Waals surface area contributed by atoms with E-state index in [0.29, 0.717) is 0 Å². The molecule has 0 heterocycles. The maximum Gasteiger partial charge on any atom is 0.330 e. The highest BCUT2D eigenvalue weighted by Gasteiger charge is 2.14. The summed E-state index contributed by atoms with van der Waals surface area (Å²) in [6.45, 7) is 5.02. The van der Waals surface area contributed by atoms with Crippen molar-refractivity contribution < 1.29 is 14.6 Å². The molecule has 0 spiro atoms. The van der Waals surface area contributed by atoms with Gasteiger partial charge in [-0.05, 0) is 20.8 Å². The summed E-state index contributed by atoms with van der Waals surface area (Å²) in [5.41, 5.74) is -0.968. The summed E-state index contributed by atoms with van der Waals surface area (Å²) in [6.07, 6.45) is 6.43. The Bertz CT molecular complexity index is 209. The number of ether oxygens (including phenoxy) is 1. The number of hydrogen-bond acceptors (Lipinski definition) is 3.